The summed E-state index contributed by atoms with van der Waals surface area (Å²) in [6.45, 7) is 0. The number of carbonyl (C=O) groups is 2. The third kappa shape index (κ3) is 7.00. The van der Waals surface area contributed by atoms with Crippen molar-refractivity contribution >= 4 is 28.0 Å². The van der Waals surface area contributed by atoms with Crippen LogP contribution in [0.4, 0.5) is 4.79 Å². The first-order chi connectivity index (χ1) is 6.20. The molecule has 0 aromatic heterocycles. The van der Waals surface area contributed by atoms with Crippen LogP contribution in [0.2, 0.25) is 0 Å². The molecule has 0 atom stereocenters. The third-order valence-corrected chi connectivity index (χ3v) is 1.42. The third-order valence-electron chi connectivity index (χ3n) is 0.790. The minimum absolute atomic E-state index is 0.581. The molecule has 10 heteroatoms. The normalized spacial score (nSPS) is 10.4. The number of guanidine groups is 1. The lowest BCUT2D eigenvalue weighted by atomic mass is 10.7. The van der Waals surface area contributed by atoms with E-state index < -0.39 is 33.8 Å². The Morgan fingerprint density at radius 1 is 1.36 bits per heavy atom. The summed E-state index contributed by atoms with van der Waals surface area (Å²) in [6.07, 6.45) is 0. The Balaban J connectivity index is 4.23. The smallest absolute Gasteiger partial charge is 0.350 e. The first-order valence-corrected chi connectivity index (χ1v) is 4.70. The van der Waals surface area contributed by atoms with Gasteiger partial charge in [-0.1, -0.05) is 0 Å². The van der Waals surface area contributed by atoms with Crippen LogP contribution in [0.15, 0.2) is 4.99 Å². The number of aliphatic imine (C=N–C) groups is 1. The topological polar surface area (TPSA) is 165 Å². The Labute approximate surface area is 78.9 Å². The van der Waals surface area contributed by atoms with Gasteiger partial charge in [-0.2, -0.15) is 13.4 Å². The fraction of sp³-hybridized carbons (Fsp3) is 0.250. The summed E-state index contributed by atoms with van der Waals surface area (Å²) in [5, 5.41) is 1.50. The molecule has 0 unspecified atom stereocenters. The second-order valence-electron chi connectivity index (χ2n) is 2.12. The summed E-state index contributed by atoms with van der Waals surface area (Å²) in [7, 11) is -4.47. The van der Waals surface area contributed by atoms with Crippen LogP contribution in [0.3, 0.4) is 0 Å². The lowest BCUT2D eigenvalue weighted by Gasteiger charge is -1.97. The van der Waals surface area contributed by atoms with Gasteiger partial charge < -0.3 is 11.5 Å². The van der Waals surface area contributed by atoms with E-state index in [0.717, 1.165) is 0 Å². The van der Waals surface area contributed by atoms with Gasteiger partial charge in [-0.05, 0) is 0 Å². The number of hydrogen-bond acceptors (Lipinski definition) is 4. The average Bonchev–Trinajstić information content (AvgIpc) is 1.77. The van der Waals surface area contributed by atoms with E-state index in [1.165, 1.54) is 5.32 Å². The van der Waals surface area contributed by atoms with E-state index in [1.807, 2.05) is 0 Å². The fourth-order valence-electron chi connectivity index (χ4n) is 0.466. The summed E-state index contributed by atoms with van der Waals surface area (Å²) in [4.78, 5) is 24.1. The lowest BCUT2D eigenvalue weighted by Crippen LogP contribution is -2.35. The van der Waals surface area contributed by atoms with Gasteiger partial charge in [0.05, 0.1) is 0 Å². The van der Waals surface area contributed by atoms with Crippen molar-refractivity contribution in [2.75, 3.05) is 5.75 Å². The number of nitrogens with two attached hydrogens (primary N) is 2. The molecule has 0 aromatic carbocycles. The van der Waals surface area contributed by atoms with Crippen LogP contribution in [0.25, 0.3) is 0 Å². The second kappa shape index (κ2) is 4.53. The lowest BCUT2D eigenvalue weighted by molar-refractivity contribution is -0.117. The molecule has 0 fully saturated rings. The molecular formula is C4H8N4O5S. The van der Waals surface area contributed by atoms with Crippen LogP contribution in [0.1, 0.15) is 0 Å². The van der Waals surface area contributed by atoms with Gasteiger partial charge in [0.25, 0.3) is 10.1 Å². The molecule has 0 rings (SSSR count). The monoisotopic (exact) mass is 224 g/mol. The molecule has 0 aliphatic carbocycles. The molecular weight excluding hydrogens is 216 g/mol. The molecule has 0 aliphatic heterocycles. The second-order valence-corrected chi connectivity index (χ2v) is 3.57. The number of amides is 3. The van der Waals surface area contributed by atoms with Crippen molar-refractivity contribution in [1.82, 2.24) is 5.32 Å². The molecule has 0 aliphatic rings. The summed E-state index contributed by atoms with van der Waals surface area (Å²) < 4.78 is 28.5. The number of urea groups is 1. The van der Waals surface area contributed by atoms with Crippen molar-refractivity contribution in [3.05, 3.63) is 0 Å². The van der Waals surface area contributed by atoms with Gasteiger partial charge in [0.2, 0.25) is 5.91 Å². The molecule has 9 nitrogen and oxygen atoms in total. The largest absolute Gasteiger partial charge is 0.370 e. The molecule has 0 spiro atoms. The molecule has 0 saturated carbocycles. The van der Waals surface area contributed by atoms with Gasteiger partial charge in [0, 0.05) is 0 Å². The highest BCUT2D eigenvalue weighted by Crippen LogP contribution is 1.82. The molecule has 0 saturated heterocycles. The van der Waals surface area contributed by atoms with Gasteiger partial charge in [-0.15, -0.1) is 0 Å². The Morgan fingerprint density at radius 3 is 2.21 bits per heavy atom. The fourth-order valence-corrected chi connectivity index (χ4v) is 0.870. The summed E-state index contributed by atoms with van der Waals surface area (Å²) in [6, 6.07) is -1.21. The van der Waals surface area contributed by atoms with Crippen molar-refractivity contribution in [3.8, 4) is 0 Å². The molecule has 80 valence electrons. The molecule has 3 amide bonds. The maximum atomic E-state index is 10.6. The van der Waals surface area contributed by atoms with Crippen LogP contribution >= 0.6 is 0 Å². The Kier molecular flexibility index (Phi) is 3.98. The Hall–Kier alpha value is -1.68. The molecule has 6 N–H and O–H groups in total. The molecule has 14 heavy (non-hydrogen) atoms. The van der Waals surface area contributed by atoms with E-state index in [4.69, 9.17) is 16.0 Å². The Bertz CT molecular complexity index is 367. The predicted molar refractivity (Wildman–Crippen MR) is 45.8 cm³/mol. The Morgan fingerprint density at radius 2 is 1.86 bits per heavy atom. The number of imide groups is 1. The van der Waals surface area contributed by atoms with Gasteiger partial charge in [-0.3, -0.25) is 14.7 Å². The van der Waals surface area contributed by atoms with Crippen LogP contribution in [0.5, 0.6) is 0 Å². The summed E-state index contributed by atoms with van der Waals surface area (Å²) in [5.41, 5.74) is 9.57. The van der Waals surface area contributed by atoms with E-state index in [-0.39, 0.29) is 0 Å². The highest BCUT2D eigenvalue weighted by Gasteiger charge is 2.14. The van der Waals surface area contributed by atoms with E-state index in [1.54, 1.807) is 0 Å². The molecule has 0 bridgehead atoms. The van der Waals surface area contributed by atoms with Crippen molar-refractivity contribution in [3.63, 3.8) is 0 Å². The number of rotatable bonds is 2. The molecule has 0 heterocycles. The standard InChI is InChI=1S/C4H8N4O5S/c5-3(6)8-4(10)7-2(9)1-14(11,12)13/h1H2,(H,11,12,13)(H5,5,6,7,8,9,10). The van der Waals surface area contributed by atoms with Crippen LogP contribution in [-0.4, -0.2) is 36.6 Å². The highest BCUT2D eigenvalue weighted by molar-refractivity contribution is 7.86. The summed E-state index contributed by atoms with van der Waals surface area (Å²) >= 11 is 0. The predicted octanol–water partition coefficient (Wildman–Crippen LogP) is -2.62. The average molecular weight is 224 g/mol. The first-order valence-electron chi connectivity index (χ1n) is 3.09. The first kappa shape index (κ1) is 12.3. The van der Waals surface area contributed by atoms with Crippen LogP contribution in [0, 0.1) is 0 Å². The van der Waals surface area contributed by atoms with Gasteiger partial charge in [-0.25, -0.2) is 4.79 Å². The van der Waals surface area contributed by atoms with Crippen LogP contribution < -0.4 is 16.8 Å². The van der Waals surface area contributed by atoms with Gasteiger partial charge in [0.15, 0.2) is 11.7 Å². The maximum Gasteiger partial charge on any atom is 0.350 e. The highest BCUT2D eigenvalue weighted by atomic mass is 32.2. The zero-order valence-corrected chi connectivity index (χ0v) is 7.61. The molecule has 0 aromatic rings. The van der Waals surface area contributed by atoms with Crippen molar-refractivity contribution in [2.45, 2.75) is 0 Å². The minimum atomic E-state index is -4.47. The zero-order chi connectivity index (χ0) is 11.4. The number of nitrogens with one attached hydrogen (secondary N) is 1. The van der Waals surface area contributed by atoms with Gasteiger partial charge >= 0.3 is 6.03 Å². The summed E-state index contributed by atoms with van der Waals surface area (Å²) in [5.74, 6) is -3.05. The van der Waals surface area contributed by atoms with E-state index in [2.05, 4.69) is 4.99 Å². The van der Waals surface area contributed by atoms with E-state index in [9.17, 15) is 18.0 Å². The van der Waals surface area contributed by atoms with Crippen LogP contribution in [-0.2, 0) is 14.9 Å². The van der Waals surface area contributed by atoms with Crippen molar-refractivity contribution in [1.29, 1.82) is 0 Å². The number of hydrogen-bond donors (Lipinski definition) is 4. The maximum absolute atomic E-state index is 10.6. The SMILES string of the molecule is NC(N)=NC(=O)NC(=O)CS(=O)(=O)O. The van der Waals surface area contributed by atoms with E-state index >= 15 is 0 Å². The quantitative estimate of drug-likeness (QED) is 0.226. The zero-order valence-electron chi connectivity index (χ0n) is 6.80. The molecule has 0 radical (unpaired) electrons. The van der Waals surface area contributed by atoms with Crippen molar-refractivity contribution < 1.29 is 22.6 Å². The number of nitrogens with zero attached hydrogens (tertiary/aromatic N) is 1. The number of carbonyl (C=O) groups excluding carboxylic acids is 2. The van der Waals surface area contributed by atoms with Gasteiger partial charge in [0.1, 0.15) is 0 Å². The van der Waals surface area contributed by atoms with Crippen molar-refractivity contribution in [2.24, 2.45) is 16.5 Å². The van der Waals surface area contributed by atoms with E-state index in [0.29, 0.717) is 0 Å². The minimum Gasteiger partial charge on any atom is -0.370 e.